The van der Waals surface area contributed by atoms with Gasteiger partial charge in [0.25, 0.3) is 11.8 Å². The molecule has 3 rings (SSSR count). The fourth-order valence-electron chi connectivity index (χ4n) is 2.18. The van der Waals surface area contributed by atoms with Gasteiger partial charge in [0, 0.05) is 14.1 Å². The molecule has 3 amide bonds. The number of nitrogens with two attached hydrogens (primary N) is 1. The maximum absolute atomic E-state index is 12.7. The van der Waals surface area contributed by atoms with Gasteiger partial charge in [0.05, 0.1) is 15.2 Å². The van der Waals surface area contributed by atoms with Crippen LogP contribution < -0.4 is 11.1 Å². The van der Waals surface area contributed by atoms with Gasteiger partial charge >= 0.3 is 0 Å². The Balaban J connectivity index is 2.19. The van der Waals surface area contributed by atoms with E-state index >= 15 is 0 Å². The molecule has 1 aromatic rings. The molecule has 1 atom stereocenters. The summed E-state index contributed by atoms with van der Waals surface area (Å²) in [5, 5.41) is 2.31. The first-order valence-electron chi connectivity index (χ1n) is 8.24. The Labute approximate surface area is 122 Å². The number of rotatable bonds is 1. The number of allylic oxidation sites excluding steroid dienone is 1. The van der Waals surface area contributed by atoms with Gasteiger partial charge in [-0.05, 0) is 24.9 Å². The van der Waals surface area contributed by atoms with E-state index in [-0.39, 0.29) is 12.1 Å². The third-order valence-electron chi connectivity index (χ3n) is 3.08. The Morgan fingerprint density at radius 3 is 2.85 bits per heavy atom. The Bertz CT molecular complexity index is 836. The van der Waals surface area contributed by atoms with Crippen LogP contribution in [0, 0.1) is 0 Å². The third-order valence-corrected chi connectivity index (χ3v) is 3.08. The first-order valence-corrected chi connectivity index (χ1v) is 5.74. The number of nitrogens with one attached hydrogen (secondary N) is 1. The van der Waals surface area contributed by atoms with Crippen LogP contribution in [0.1, 0.15) is 40.4 Å². The largest absolute Gasteiger partial charge is 0.398 e. The molecule has 0 bridgehead atoms. The van der Waals surface area contributed by atoms with Crippen LogP contribution in [0.4, 0.5) is 5.69 Å². The van der Waals surface area contributed by atoms with Gasteiger partial charge in [-0.1, -0.05) is 12.6 Å². The lowest BCUT2D eigenvalue weighted by atomic mass is 10.0. The van der Waals surface area contributed by atoms with Gasteiger partial charge < -0.3 is 11.1 Å². The van der Waals surface area contributed by atoms with E-state index in [2.05, 4.69) is 11.9 Å². The lowest BCUT2D eigenvalue weighted by molar-refractivity contribution is -0.125. The Morgan fingerprint density at radius 2 is 2.15 bits per heavy atom. The summed E-state index contributed by atoms with van der Waals surface area (Å²) in [4.78, 5) is 38.0. The highest BCUT2D eigenvalue weighted by Crippen LogP contribution is 2.31. The number of benzene rings is 1. The van der Waals surface area contributed by atoms with Gasteiger partial charge in [0.2, 0.25) is 5.91 Å². The molecular formula is C14H13N3O3. The number of hydrogen-bond acceptors (Lipinski definition) is 4. The smallest absolute Gasteiger partial charge is 0.264 e. The number of carbonyl (C=O) groups is 3. The minimum atomic E-state index is -2.27. The van der Waals surface area contributed by atoms with Crippen LogP contribution in [0.2, 0.25) is 0 Å². The van der Waals surface area contributed by atoms with E-state index in [9.17, 15) is 14.4 Å². The second-order valence-electron chi connectivity index (χ2n) is 4.40. The van der Waals surface area contributed by atoms with Crippen molar-refractivity contribution in [1.29, 1.82) is 0 Å². The van der Waals surface area contributed by atoms with E-state index in [1.54, 1.807) is 0 Å². The van der Waals surface area contributed by atoms with Crippen molar-refractivity contribution < 1.29 is 21.2 Å². The molecule has 0 aromatic heterocycles. The van der Waals surface area contributed by atoms with Crippen molar-refractivity contribution >= 4 is 23.4 Å². The highest BCUT2D eigenvalue weighted by Gasteiger charge is 2.44. The Morgan fingerprint density at radius 1 is 1.40 bits per heavy atom. The Hall–Kier alpha value is -2.63. The van der Waals surface area contributed by atoms with E-state index in [0.717, 1.165) is 0 Å². The summed E-state index contributed by atoms with van der Waals surface area (Å²) in [5.74, 6) is -3.06. The average molecular weight is 276 g/mol. The van der Waals surface area contributed by atoms with Crippen LogP contribution in [0.5, 0.6) is 0 Å². The molecule has 0 spiro atoms. The second-order valence-corrected chi connectivity index (χ2v) is 4.40. The minimum absolute atomic E-state index is 0.116. The molecule has 6 heteroatoms. The number of nitrogen functional groups attached to an aromatic ring is 1. The highest BCUT2D eigenvalue weighted by atomic mass is 16.2. The van der Waals surface area contributed by atoms with E-state index < -0.39 is 65.1 Å². The molecule has 1 fully saturated rings. The quantitative estimate of drug-likeness (QED) is 0.582. The van der Waals surface area contributed by atoms with Crippen LogP contribution in [-0.4, -0.2) is 28.7 Å². The van der Waals surface area contributed by atoms with E-state index in [4.69, 9.17) is 12.6 Å². The molecule has 20 heavy (non-hydrogen) atoms. The zero-order chi connectivity index (χ0) is 18.8. The maximum atomic E-state index is 12.7. The van der Waals surface area contributed by atoms with Gasteiger partial charge in [-0.2, -0.15) is 0 Å². The molecule has 2 aliphatic heterocycles. The number of hydrogen-bond donors (Lipinski definition) is 2. The third kappa shape index (κ3) is 1.61. The van der Waals surface area contributed by atoms with Crippen LogP contribution in [0.15, 0.2) is 30.4 Å². The van der Waals surface area contributed by atoms with Gasteiger partial charge in [-0.15, -0.1) is 0 Å². The SMILES string of the molecule is [2H]c1c([2H])c(N)c2c(c1[2H])C(=O)N([C@@H]1C(=O)NC(=C)CC1([2H])[2H])C2=O. The monoisotopic (exact) mass is 276 g/mol. The van der Waals surface area contributed by atoms with Crippen molar-refractivity contribution in [3.63, 3.8) is 0 Å². The van der Waals surface area contributed by atoms with Gasteiger partial charge in [0.15, 0.2) is 0 Å². The fourth-order valence-corrected chi connectivity index (χ4v) is 2.18. The summed E-state index contributed by atoms with van der Waals surface area (Å²) in [6.07, 6.45) is -2.56. The maximum Gasteiger partial charge on any atom is 0.264 e. The lowest BCUT2D eigenvalue weighted by Gasteiger charge is -2.29. The van der Waals surface area contributed by atoms with Crippen molar-refractivity contribution in [2.75, 3.05) is 5.73 Å². The van der Waals surface area contributed by atoms with Crippen molar-refractivity contribution in [2.24, 2.45) is 0 Å². The van der Waals surface area contributed by atoms with Crippen molar-refractivity contribution in [2.45, 2.75) is 18.8 Å². The molecular weight excluding hydrogens is 258 g/mol. The molecule has 1 aromatic carbocycles. The summed E-state index contributed by atoms with van der Waals surface area (Å²) in [6, 6.07) is -3.62. The van der Waals surface area contributed by atoms with Crippen LogP contribution in [-0.2, 0) is 4.79 Å². The fraction of sp³-hybridized carbons (Fsp3) is 0.214. The summed E-state index contributed by atoms with van der Waals surface area (Å²) in [5.41, 5.74) is 4.41. The van der Waals surface area contributed by atoms with E-state index in [1.807, 2.05) is 0 Å². The van der Waals surface area contributed by atoms with E-state index in [1.165, 1.54) is 0 Å². The molecule has 0 unspecified atom stereocenters. The van der Waals surface area contributed by atoms with Gasteiger partial charge in [0.1, 0.15) is 6.04 Å². The number of carbonyl (C=O) groups excluding carboxylic acids is 3. The summed E-state index contributed by atoms with van der Waals surface area (Å²) < 4.78 is 39.3. The standard InChI is InChI=1S/C14H13N3O3/c1-7-5-6-10(12(18)16-7)17-13(19)8-3-2-4-9(15)11(8)14(17)20/h2-4,10H,1,5-6,15H2,(H,16,18)/t10-/m0/s1/i2D,3D,4D,6D2. The first kappa shape index (κ1) is 7.84. The average Bonchev–Trinajstić information content (AvgIpc) is 2.74. The molecule has 0 saturated carbocycles. The number of imide groups is 1. The predicted molar refractivity (Wildman–Crippen MR) is 71.7 cm³/mol. The van der Waals surface area contributed by atoms with Crippen LogP contribution in [0.25, 0.3) is 0 Å². The predicted octanol–water partition coefficient (Wildman–Crippen LogP) is 0.657. The van der Waals surface area contributed by atoms with Crippen LogP contribution >= 0.6 is 0 Å². The molecule has 2 heterocycles. The number of amides is 3. The molecule has 2 aliphatic rings. The lowest BCUT2D eigenvalue weighted by Crippen LogP contribution is -2.51. The number of piperidine rings is 1. The molecule has 1 saturated heterocycles. The summed E-state index contributed by atoms with van der Waals surface area (Å²) >= 11 is 0. The Kier molecular flexibility index (Phi) is 1.64. The van der Waals surface area contributed by atoms with Crippen molar-refractivity contribution in [3.05, 3.63) is 41.5 Å². The van der Waals surface area contributed by atoms with Crippen LogP contribution in [0.3, 0.4) is 0 Å². The van der Waals surface area contributed by atoms with Gasteiger partial charge in [-0.3, -0.25) is 19.3 Å². The first-order chi connectivity index (χ1) is 11.5. The van der Waals surface area contributed by atoms with Crippen molar-refractivity contribution in [1.82, 2.24) is 10.2 Å². The second kappa shape index (κ2) is 4.19. The van der Waals surface area contributed by atoms with E-state index in [0.29, 0.717) is 4.90 Å². The molecule has 102 valence electrons. The number of anilines is 1. The molecule has 3 N–H and O–H groups in total. The number of nitrogens with zero attached hydrogens (tertiary/aromatic N) is 1. The number of fused-ring (bicyclic) bond motifs is 1. The molecule has 6 nitrogen and oxygen atoms in total. The zero-order valence-electron chi connectivity index (χ0n) is 15.2. The molecule has 0 aliphatic carbocycles. The normalized spacial score (nSPS) is 28.1. The molecule has 0 radical (unpaired) electrons. The topological polar surface area (TPSA) is 92.5 Å². The van der Waals surface area contributed by atoms with Gasteiger partial charge in [-0.25, -0.2) is 0 Å². The van der Waals surface area contributed by atoms with Crippen molar-refractivity contribution in [3.8, 4) is 0 Å². The summed E-state index contributed by atoms with van der Waals surface area (Å²) in [6.45, 7) is 3.49. The highest BCUT2D eigenvalue weighted by molar-refractivity contribution is 6.25. The zero-order valence-corrected chi connectivity index (χ0v) is 10.2. The summed E-state index contributed by atoms with van der Waals surface area (Å²) in [7, 11) is 0. The minimum Gasteiger partial charge on any atom is -0.398 e.